The molecule has 1 aliphatic carbocycles. The number of hydrogen-bond donors (Lipinski definition) is 1. The molecule has 37 heavy (non-hydrogen) atoms. The lowest BCUT2D eigenvalue weighted by molar-refractivity contribution is 0.0255. The van der Waals surface area contributed by atoms with E-state index in [0.29, 0.717) is 18.9 Å². The van der Waals surface area contributed by atoms with E-state index in [9.17, 15) is 9.59 Å². The zero-order valence-electron chi connectivity index (χ0n) is 24.6. The highest BCUT2D eigenvalue weighted by atomic mass is 28.4. The van der Waals surface area contributed by atoms with Crippen molar-refractivity contribution in [2.45, 2.75) is 116 Å². The third-order valence-corrected chi connectivity index (χ3v) is 11.9. The number of ether oxygens (including phenoxy) is 2. The summed E-state index contributed by atoms with van der Waals surface area (Å²) in [5, 5.41) is 3.17. The number of nitrogens with one attached hydrogen (secondary N) is 1. The molecule has 1 aliphatic rings. The quantitative estimate of drug-likeness (QED) is 0.341. The standard InChI is InChI=1S/C29H50N2O5Si/c1-28(2,3)35-27(33)31(7)20-24(30-26(32)34-21-22-15-11-10-12-16-22)19-23-17-13-14-18-25(23)36-37(8,9)29(4,5)6/h10-12,15-16,23-25H,13-14,17-21H2,1-9H3,(H,30,32)/t23-,24?,25+/m0/s1. The summed E-state index contributed by atoms with van der Waals surface area (Å²) in [5.74, 6) is 0.300. The molecule has 0 heterocycles. The molecule has 1 aromatic rings. The average molecular weight is 535 g/mol. The van der Waals surface area contributed by atoms with E-state index in [4.69, 9.17) is 13.9 Å². The molecule has 0 radical (unpaired) electrons. The molecule has 0 saturated heterocycles. The van der Waals surface area contributed by atoms with Crippen LogP contribution >= 0.6 is 0 Å². The van der Waals surface area contributed by atoms with Crippen molar-refractivity contribution in [3.05, 3.63) is 35.9 Å². The topological polar surface area (TPSA) is 77.1 Å². The molecule has 210 valence electrons. The molecule has 0 aliphatic heterocycles. The Bertz CT molecular complexity index is 863. The van der Waals surface area contributed by atoms with E-state index < -0.39 is 26.1 Å². The summed E-state index contributed by atoms with van der Waals surface area (Å²) < 4.78 is 17.9. The van der Waals surface area contributed by atoms with Crippen LogP contribution < -0.4 is 5.32 Å². The van der Waals surface area contributed by atoms with Crippen LogP contribution in [0.1, 0.15) is 79.2 Å². The van der Waals surface area contributed by atoms with Gasteiger partial charge in [-0.05, 0) is 69.6 Å². The number of alkyl carbamates (subject to hydrolysis) is 1. The van der Waals surface area contributed by atoms with Gasteiger partial charge in [0.1, 0.15) is 12.2 Å². The van der Waals surface area contributed by atoms with Gasteiger partial charge in [-0.1, -0.05) is 63.9 Å². The molecule has 1 N–H and O–H groups in total. The van der Waals surface area contributed by atoms with E-state index >= 15 is 0 Å². The molecule has 2 amide bonds. The third-order valence-electron chi connectivity index (χ3n) is 7.41. The van der Waals surface area contributed by atoms with Crippen LogP contribution in [-0.4, -0.2) is 56.7 Å². The summed E-state index contributed by atoms with van der Waals surface area (Å²) in [6, 6.07) is 9.33. The molecule has 1 unspecified atom stereocenters. The van der Waals surface area contributed by atoms with Crippen molar-refractivity contribution in [2.24, 2.45) is 5.92 Å². The van der Waals surface area contributed by atoms with Crippen molar-refractivity contribution in [2.75, 3.05) is 13.6 Å². The van der Waals surface area contributed by atoms with Crippen LogP contribution in [0.5, 0.6) is 0 Å². The Morgan fingerprint density at radius 1 is 1.05 bits per heavy atom. The van der Waals surface area contributed by atoms with Crippen LogP contribution in [0.15, 0.2) is 30.3 Å². The van der Waals surface area contributed by atoms with Crippen molar-refractivity contribution < 1.29 is 23.5 Å². The van der Waals surface area contributed by atoms with Gasteiger partial charge in [-0.3, -0.25) is 0 Å². The Morgan fingerprint density at radius 3 is 2.27 bits per heavy atom. The van der Waals surface area contributed by atoms with E-state index in [1.54, 1.807) is 11.9 Å². The third kappa shape index (κ3) is 10.7. The Labute approximate surface area is 225 Å². The van der Waals surface area contributed by atoms with Crippen LogP contribution in [0.4, 0.5) is 9.59 Å². The van der Waals surface area contributed by atoms with Gasteiger partial charge in [0.25, 0.3) is 0 Å². The van der Waals surface area contributed by atoms with Gasteiger partial charge in [0.05, 0.1) is 6.04 Å². The maximum absolute atomic E-state index is 12.8. The van der Waals surface area contributed by atoms with E-state index in [-0.39, 0.29) is 23.8 Å². The van der Waals surface area contributed by atoms with Crippen molar-refractivity contribution >= 4 is 20.5 Å². The van der Waals surface area contributed by atoms with Crippen LogP contribution in [0.3, 0.4) is 0 Å². The molecule has 1 fully saturated rings. The van der Waals surface area contributed by atoms with Crippen molar-refractivity contribution in [1.29, 1.82) is 0 Å². The lowest BCUT2D eigenvalue weighted by atomic mass is 9.82. The molecule has 1 aromatic carbocycles. The first-order valence-electron chi connectivity index (χ1n) is 13.7. The first-order valence-corrected chi connectivity index (χ1v) is 16.6. The first kappa shape index (κ1) is 31.2. The first-order chi connectivity index (χ1) is 17.1. The number of carbonyl (C=O) groups is 2. The fraction of sp³-hybridized carbons (Fsp3) is 0.724. The number of amides is 2. The smallest absolute Gasteiger partial charge is 0.410 e. The van der Waals surface area contributed by atoms with Crippen molar-refractivity contribution in [1.82, 2.24) is 10.2 Å². The maximum Gasteiger partial charge on any atom is 0.410 e. The second-order valence-electron chi connectivity index (χ2n) is 13.0. The van der Waals surface area contributed by atoms with Gasteiger partial charge < -0.3 is 24.1 Å². The van der Waals surface area contributed by atoms with Gasteiger partial charge >= 0.3 is 12.2 Å². The minimum absolute atomic E-state index is 0.130. The maximum atomic E-state index is 12.8. The van der Waals surface area contributed by atoms with Crippen LogP contribution in [-0.2, 0) is 20.5 Å². The van der Waals surface area contributed by atoms with Crippen LogP contribution in [0.2, 0.25) is 18.1 Å². The molecule has 7 nitrogen and oxygen atoms in total. The predicted molar refractivity (Wildman–Crippen MR) is 151 cm³/mol. The van der Waals surface area contributed by atoms with Gasteiger partial charge in [0.15, 0.2) is 8.32 Å². The van der Waals surface area contributed by atoms with Gasteiger partial charge in [0, 0.05) is 19.7 Å². The van der Waals surface area contributed by atoms with Crippen LogP contribution in [0.25, 0.3) is 0 Å². The van der Waals surface area contributed by atoms with Gasteiger partial charge in [-0.25, -0.2) is 9.59 Å². The number of hydrogen-bond acceptors (Lipinski definition) is 5. The number of benzene rings is 1. The summed E-state index contributed by atoms with van der Waals surface area (Å²) in [5.41, 5.74) is 0.337. The van der Waals surface area contributed by atoms with E-state index in [2.05, 4.69) is 39.2 Å². The van der Waals surface area contributed by atoms with E-state index in [1.165, 1.54) is 0 Å². The zero-order valence-corrected chi connectivity index (χ0v) is 25.6. The molecular formula is C29H50N2O5Si. The molecule has 0 spiro atoms. The predicted octanol–water partition coefficient (Wildman–Crippen LogP) is 7.12. The molecule has 1 saturated carbocycles. The summed E-state index contributed by atoms with van der Waals surface area (Å²) >= 11 is 0. The van der Waals surface area contributed by atoms with Crippen molar-refractivity contribution in [3.8, 4) is 0 Å². The second kappa shape index (κ2) is 13.1. The van der Waals surface area contributed by atoms with E-state index in [0.717, 1.165) is 31.2 Å². The number of likely N-dealkylation sites (N-methyl/N-ethyl adjacent to an activating group) is 1. The largest absolute Gasteiger partial charge is 0.445 e. The number of nitrogens with zero attached hydrogens (tertiary/aromatic N) is 1. The minimum atomic E-state index is -1.94. The highest BCUT2D eigenvalue weighted by Gasteiger charge is 2.41. The summed E-state index contributed by atoms with van der Waals surface area (Å²) in [6.07, 6.45) is 4.37. The van der Waals surface area contributed by atoms with Crippen LogP contribution in [0, 0.1) is 5.92 Å². The summed E-state index contributed by atoms with van der Waals surface area (Å²) in [4.78, 5) is 27.0. The molecule has 0 aromatic heterocycles. The fourth-order valence-electron chi connectivity index (χ4n) is 4.37. The lowest BCUT2D eigenvalue weighted by Crippen LogP contribution is -2.50. The Morgan fingerprint density at radius 2 is 1.68 bits per heavy atom. The van der Waals surface area contributed by atoms with Gasteiger partial charge in [-0.2, -0.15) is 0 Å². The minimum Gasteiger partial charge on any atom is -0.445 e. The molecular weight excluding hydrogens is 484 g/mol. The number of carbonyl (C=O) groups excluding carboxylic acids is 2. The van der Waals surface area contributed by atoms with E-state index in [1.807, 2.05) is 51.1 Å². The van der Waals surface area contributed by atoms with Gasteiger partial charge in [0.2, 0.25) is 0 Å². The SMILES string of the molecule is CN(CC(C[C@@H]1CCCC[C@H]1O[Si](C)(C)C(C)(C)C)NC(=O)OCc1ccccc1)C(=O)OC(C)(C)C. The Kier molecular flexibility index (Phi) is 11.1. The molecule has 0 bridgehead atoms. The second-order valence-corrected chi connectivity index (χ2v) is 17.7. The average Bonchev–Trinajstić information content (AvgIpc) is 2.77. The highest BCUT2D eigenvalue weighted by Crippen LogP contribution is 2.41. The summed E-state index contributed by atoms with van der Waals surface area (Å²) in [6.45, 7) is 17.5. The van der Waals surface area contributed by atoms with Crippen molar-refractivity contribution in [3.63, 3.8) is 0 Å². The van der Waals surface area contributed by atoms with Gasteiger partial charge in [-0.15, -0.1) is 0 Å². The molecule has 2 rings (SSSR count). The summed E-state index contributed by atoms with van der Waals surface area (Å²) in [7, 11) is -0.230. The molecule has 3 atom stereocenters. The number of rotatable bonds is 9. The molecule has 8 heteroatoms. The Balaban J connectivity index is 2.13. The lowest BCUT2D eigenvalue weighted by Gasteiger charge is -2.44. The fourth-order valence-corrected chi connectivity index (χ4v) is 5.80. The Hall–Kier alpha value is -2.06. The normalized spacial score (nSPS) is 19.6. The zero-order chi connectivity index (χ0) is 27.9. The monoisotopic (exact) mass is 534 g/mol. The highest BCUT2D eigenvalue weighted by molar-refractivity contribution is 6.74.